The quantitative estimate of drug-likeness (QED) is 0.823. The molecule has 2 nitrogen and oxygen atoms in total. The van der Waals surface area contributed by atoms with Gasteiger partial charge in [-0.1, -0.05) is 41.9 Å². The highest BCUT2D eigenvalue weighted by Crippen LogP contribution is 2.10. The molecule has 0 atom stereocenters. The predicted octanol–water partition coefficient (Wildman–Crippen LogP) is 3.48. The van der Waals surface area contributed by atoms with Crippen LogP contribution in [0.1, 0.15) is 17.7 Å². The number of carbonyl (C=O) groups is 1. The number of carbonyl (C=O) groups excluding carboxylic acids is 1. The second-order valence-corrected chi connectivity index (χ2v) is 4.60. The van der Waals surface area contributed by atoms with Crippen LogP contribution in [0.4, 0.5) is 0 Å². The van der Waals surface area contributed by atoms with Gasteiger partial charge in [-0.05, 0) is 24.1 Å². The summed E-state index contributed by atoms with van der Waals surface area (Å²) < 4.78 is 0. The van der Waals surface area contributed by atoms with Gasteiger partial charge in [-0.25, -0.2) is 0 Å². The average molecular weight is 260 g/mol. The van der Waals surface area contributed by atoms with Crippen molar-refractivity contribution in [2.24, 2.45) is 0 Å². The predicted molar refractivity (Wildman–Crippen MR) is 72.7 cm³/mol. The van der Waals surface area contributed by atoms with Crippen molar-refractivity contribution in [2.45, 2.75) is 19.3 Å². The topological polar surface area (TPSA) is 30.0 Å². The van der Waals surface area contributed by atoms with E-state index in [2.05, 4.69) is 4.98 Å². The van der Waals surface area contributed by atoms with E-state index in [1.165, 1.54) is 0 Å². The molecule has 0 saturated carbocycles. The van der Waals surface area contributed by atoms with Crippen LogP contribution in [0.2, 0.25) is 5.02 Å². The van der Waals surface area contributed by atoms with Crippen LogP contribution >= 0.6 is 11.6 Å². The number of nitrogens with zero attached hydrogens (tertiary/aromatic N) is 1. The zero-order valence-electron chi connectivity index (χ0n) is 9.97. The molecule has 18 heavy (non-hydrogen) atoms. The number of halogens is 1. The van der Waals surface area contributed by atoms with E-state index >= 15 is 0 Å². The maximum atomic E-state index is 11.8. The molecule has 0 unspecified atom stereocenters. The van der Waals surface area contributed by atoms with Crippen LogP contribution in [0.15, 0.2) is 48.7 Å². The summed E-state index contributed by atoms with van der Waals surface area (Å²) in [6.07, 6.45) is 3.30. The van der Waals surface area contributed by atoms with Crippen molar-refractivity contribution < 1.29 is 4.79 Å². The fraction of sp³-hybridized carbons (Fsp3) is 0.200. The van der Waals surface area contributed by atoms with Crippen molar-refractivity contribution in [3.63, 3.8) is 0 Å². The smallest absolute Gasteiger partial charge is 0.137 e. The first kappa shape index (κ1) is 12.8. The van der Waals surface area contributed by atoms with Gasteiger partial charge in [0.15, 0.2) is 0 Å². The van der Waals surface area contributed by atoms with Gasteiger partial charge >= 0.3 is 0 Å². The number of aryl methyl sites for hydroxylation is 1. The van der Waals surface area contributed by atoms with E-state index in [1.54, 1.807) is 18.3 Å². The number of hydrogen-bond donors (Lipinski definition) is 0. The van der Waals surface area contributed by atoms with Crippen molar-refractivity contribution in [1.29, 1.82) is 0 Å². The average Bonchev–Trinajstić information content (AvgIpc) is 2.38. The van der Waals surface area contributed by atoms with Gasteiger partial charge in [-0.2, -0.15) is 0 Å². The van der Waals surface area contributed by atoms with Crippen LogP contribution in [-0.4, -0.2) is 10.8 Å². The van der Waals surface area contributed by atoms with Crippen LogP contribution in [0, 0.1) is 0 Å². The third-order valence-electron chi connectivity index (χ3n) is 2.68. The van der Waals surface area contributed by atoms with Gasteiger partial charge in [0.1, 0.15) is 5.78 Å². The summed E-state index contributed by atoms with van der Waals surface area (Å²) in [7, 11) is 0. The molecule has 2 rings (SSSR count). The minimum Gasteiger partial charge on any atom is -0.299 e. The van der Waals surface area contributed by atoms with E-state index in [0.717, 1.165) is 11.3 Å². The van der Waals surface area contributed by atoms with E-state index in [-0.39, 0.29) is 5.78 Å². The van der Waals surface area contributed by atoms with Crippen molar-refractivity contribution in [3.05, 3.63) is 64.9 Å². The Morgan fingerprint density at radius 1 is 1.17 bits per heavy atom. The third-order valence-corrected chi connectivity index (χ3v) is 2.92. The molecular weight excluding hydrogens is 246 g/mol. The molecule has 0 bridgehead atoms. The van der Waals surface area contributed by atoms with Crippen LogP contribution in [0.25, 0.3) is 0 Å². The van der Waals surface area contributed by atoms with Gasteiger partial charge in [0.2, 0.25) is 0 Å². The standard InChI is InChI=1S/C15H14ClNO/c16-13-8-9-17-14(11-13)6-7-15(18)10-12-4-2-1-3-5-12/h1-5,8-9,11H,6-7,10H2. The molecule has 3 heteroatoms. The molecule has 0 saturated heterocycles. The largest absolute Gasteiger partial charge is 0.299 e. The van der Waals surface area contributed by atoms with E-state index in [0.29, 0.717) is 24.3 Å². The summed E-state index contributed by atoms with van der Waals surface area (Å²) >= 11 is 5.87. The lowest BCUT2D eigenvalue weighted by molar-refractivity contribution is -0.118. The van der Waals surface area contributed by atoms with E-state index in [9.17, 15) is 4.79 Å². The van der Waals surface area contributed by atoms with Gasteiger partial charge in [-0.3, -0.25) is 9.78 Å². The van der Waals surface area contributed by atoms with Crippen molar-refractivity contribution in [2.75, 3.05) is 0 Å². The zero-order chi connectivity index (χ0) is 12.8. The number of hydrogen-bond acceptors (Lipinski definition) is 2. The number of ketones is 1. The molecule has 0 spiro atoms. The summed E-state index contributed by atoms with van der Waals surface area (Å²) in [5.74, 6) is 0.225. The van der Waals surface area contributed by atoms with E-state index < -0.39 is 0 Å². The van der Waals surface area contributed by atoms with Gasteiger partial charge < -0.3 is 0 Å². The highest BCUT2D eigenvalue weighted by atomic mass is 35.5. The normalized spacial score (nSPS) is 10.3. The minimum absolute atomic E-state index is 0.225. The number of aromatic nitrogens is 1. The molecule has 0 radical (unpaired) electrons. The fourth-order valence-corrected chi connectivity index (χ4v) is 1.95. The molecule has 92 valence electrons. The van der Waals surface area contributed by atoms with Gasteiger partial charge in [0, 0.05) is 29.8 Å². The summed E-state index contributed by atoms with van der Waals surface area (Å²) in [6, 6.07) is 13.3. The zero-order valence-corrected chi connectivity index (χ0v) is 10.7. The number of rotatable bonds is 5. The molecule has 0 aliphatic carbocycles. The van der Waals surface area contributed by atoms with Crippen LogP contribution in [0.5, 0.6) is 0 Å². The van der Waals surface area contributed by atoms with E-state index in [4.69, 9.17) is 11.6 Å². The molecule has 0 fully saturated rings. The fourth-order valence-electron chi connectivity index (χ4n) is 1.76. The number of pyridine rings is 1. The first-order valence-electron chi connectivity index (χ1n) is 5.90. The summed E-state index contributed by atoms with van der Waals surface area (Å²) in [5.41, 5.74) is 1.92. The molecular formula is C15H14ClNO. The Morgan fingerprint density at radius 3 is 2.67 bits per heavy atom. The lowest BCUT2D eigenvalue weighted by atomic mass is 10.0. The summed E-state index contributed by atoms with van der Waals surface area (Å²) in [4.78, 5) is 16.0. The maximum absolute atomic E-state index is 11.8. The maximum Gasteiger partial charge on any atom is 0.137 e. The number of benzene rings is 1. The van der Waals surface area contributed by atoms with Gasteiger partial charge in [-0.15, -0.1) is 0 Å². The lowest BCUT2D eigenvalue weighted by Crippen LogP contribution is -2.04. The molecule has 0 aliphatic heterocycles. The Kier molecular flexibility index (Phi) is 4.48. The monoisotopic (exact) mass is 259 g/mol. The first-order chi connectivity index (χ1) is 8.74. The summed E-state index contributed by atoms with van der Waals surface area (Å²) in [5, 5.41) is 0.663. The van der Waals surface area contributed by atoms with Crippen molar-refractivity contribution in [1.82, 2.24) is 4.98 Å². The van der Waals surface area contributed by atoms with Crippen molar-refractivity contribution in [3.8, 4) is 0 Å². The highest BCUT2D eigenvalue weighted by molar-refractivity contribution is 6.30. The Balaban J connectivity index is 1.85. The SMILES string of the molecule is O=C(CCc1cc(Cl)ccn1)Cc1ccccc1. The molecule has 0 amide bonds. The van der Waals surface area contributed by atoms with Crippen LogP contribution in [-0.2, 0) is 17.6 Å². The lowest BCUT2D eigenvalue weighted by Gasteiger charge is -2.02. The third kappa shape index (κ3) is 3.97. The van der Waals surface area contributed by atoms with Gasteiger partial charge in [0.05, 0.1) is 0 Å². The second kappa shape index (κ2) is 6.31. The molecule has 0 N–H and O–H groups in total. The molecule has 1 heterocycles. The summed E-state index contributed by atoms with van der Waals surface area (Å²) in [6.45, 7) is 0. The first-order valence-corrected chi connectivity index (χ1v) is 6.28. The van der Waals surface area contributed by atoms with E-state index in [1.807, 2.05) is 30.3 Å². The Labute approximate surface area is 112 Å². The Hall–Kier alpha value is -1.67. The van der Waals surface area contributed by atoms with Crippen molar-refractivity contribution >= 4 is 17.4 Å². The Bertz CT molecular complexity index is 525. The Morgan fingerprint density at radius 2 is 1.94 bits per heavy atom. The minimum atomic E-state index is 0.225. The van der Waals surface area contributed by atoms with Crippen LogP contribution < -0.4 is 0 Å². The number of Topliss-reactive ketones (excluding diaryl/α,β-unsaturated/α-hetero) is 1. The highest BCUT2D eigenvalue weighted by Gasteiger charge is 2.05. The van der Waals surface area contributed by atoms with Gasteiger partial charge in [0.25, 0.3) is 0 Å². The second-order valence-electron chi connectivity index (χ2n) is 4.17. The van der Waals surface area contributed by atoms with Crippen LogP contribution in [0.3, 0.4) is 0 Å². The molecule has 2 aromatic rings. The molecule has 0 aliphatic rings. The molecule has 1 aromatic heterocycles. The molecule has 1 aromatic carbocycles.